The van der Waals surface area contributed by atoms with Crippen LogP contribution in [0.3, 0.4) is 0 Å². The average Bonchev–Trinajstić information content (AvgIpc) is 3.01. The summed E-state index contributed by atoms with van der Waals surface area (Å²) in [5, 5.41) is 13.8. The Morgan fingerprint density at radius 1 is 1.09 bits per heavy atom. The zero-order valence-electron chi connectivity index (χ0n) is 22.3. The maximum Gasteiger partial charge on any atom is 0.351 e. The molecule has 0 aromatic carbocycles. The summed E-state index contributed by atoms with van der Waals surface area (Å²) < 4.78 is 28.1. The predicted molar refractivity (Wildman–Crippen MR) is 137 cm³/mol. The first-order chi connectivity index (χ1) is 16.2. The molecule has 12 heteroatoms. The van der Waals surface area contributed by atoms with Crippen LogP contribution >= 0.6 is 0 Å². The zero-order chi connectivity index (χ0) is 26.3. The number of rotatable bonds is 6. The molecular formula is C23H41N3O7Si2. The summed E-state index contributed by atoms with van der Waals surface area (Å²) in [6, 6.07) is 1.50. The maximum absolute atomic E-state index is 12.7. The van der Waals surface area contributed by atoms with Gasteiger partial charge in [0.1, 0.15) is 24.1 Å². The Morgan fingerprint density at radius 3 is 2.14 bits per heavy atom. The van der Waals surface area contributed by atoms with Crippen molar-refractivity contribution in [2.24, 2.45) is 0 Å². The number of amides is 1. The number of hydrogen-bond donors (Lipinski definition) is 2. The Morgan fingerprint density at radius 2 is 1.66 bits per heavy atom. The second-order valence-electron chi connectivity index (χ2n) is 10.8. The lowest BCUT2D eigenvalue weighted by Gasteiger charge is -2.51. The van der Waals surface area contributed by atoms with Crippen LogP contribution in [0.4, 0.5) is 5.82 Å². The van der Waals surface area contributed by atoms with Crippen molar-refractivity contribution >= 4 is 28.8 Å². The zero-order valence-corrected chi connectivity index (χ0v) is 24.3. The fourth-order valence-corrected chi connectivity index (χ4v) is 16.4. The molecule has 10 nitrogen and oxygen atoms in total. The van der Waals surface area contributed by atoms with E-state index in [0.717, 1.165) is 0 Å². The summed E-state index contributed by atoms with van der Waals surface area (Å²) in [4.78, 5) is 28.0. The van der Waals surface area contributed by atoms with E-state index in [2.05, 4.69) is 65.7 Å². The van der Waals surface area contributed by atoms with Crippen LogP contribution in [0.25, 0.3) is 0 Å². The van der Waals surface area contributed by atoms with Gasteiger partial charge in [0.05, 0.1) is 6.61 Å². The van der Waals surface area contributed by atoms with E-state index < -0.39 is 47.4 Å². The summed E-state index contributed by atoms with van der Waals surface area (Å²) in [6.45, 7) is 18.5. The van der Waals surface area contributed by atoms with Crippen LogP contribution in [0.1, 0.15) is 68.5 Å². The lowest BCUT2D eigenvalue weighted by Crippen LogP contribution is -2.65. The van der Waals surface area contributed by atoms with E-state index in [9.17, 15) is 14.7 Å². The quantitative estimate of drug-likeness (QED) is 0.540. The number of aliphatic hydroxyl groups excluding tert-OH is 1. The van der Waals surface area contributed by atoms with Crippen molar-refractivity contribution in [1.29, 1.82) is 0 Å². The van der Waals surface area contributed by atoms with Crippen molar-refractivity contribution in [3.05, 3.63) is 22.7 Å². The molecule has 0 spiro atoms. The first kappa shape index (κ1) is 28.2. The summed E-state index contributed by atoms with van der Waals surface area (Å²) in [5.41, 5.74) is -0.0794. The molecule has 2 aliphatic heterocycles. The molecule has 0 radical (unpaired) electrons. The second-order valence-corrected chi connectivity index (χ2v) is 19.6. The maximum atomic E-state index is 12.7. The number of aromatic nitrogens is 2. The highest BCUT2D eigenvalue weighted by molar-refractivity contribution is 6.83. The van der Waals surface area contributed by atoms with E-state index in [4.69, 9.17) is 17.7 Å². The van der Waals surface area contributed by atoms with E-state index >= 15 is 0 Å². The topological polar surface area (TPSA) is 121 Å². The minimum atomic E-state index is -2.93. The van der Waals surface area contributed by atoms with Gasteiger partial charge >= 0.3 is 22.8 Å². The van der Waals surface area contributed by atoms with Gasteiger partial charge in [-0.15, -0.1) is 0 Å². The minimum absolute atomic E-state index is 0.0989. The lowest BCUT2D eigenvalue weighted by atomic mass is 10.1. The number of carbonyl (C=O) groups is 1. The van der Waals surface area contributed by atoms with E-state index in [-0.39, 0.29) is 40.5 Å². The highest BCUT2D eigenvalue weighted by Crippen LogP contribution is 2.48. The monoisotopic (exact) mass is 527 g/mol. The third-order valence-corrected chi connectivity index (χ3v) is 17.3. The molecule has 35 heavy (non-hydrogen) atoms. The van der Waals surface area contributed by atoms with Crippen molar-refractivity contribution in [1.82, 2.24) is 9.55 Å². The molecule has 2 unspecified atom stereocenters. The summed E-state index contributed by atoms with van der Waals surface area (Å²) >= 11 is 0. The Balaban J connectivity index is 2.03. The van der Waals surface area contributed by atoms with E-state index in [1.54, 1.807) is 0 Å². The molecule has 198 valence electrons. The fraction of sp³-hybridized carbons (Fsp3) is 0.783. The highest BCUT2D eigenvalue weighted by Gasteiger charge is 2.61. The van der Waals surface area contributed by atoms with Crippen molar-refractivity contribution in [2.75, 3.05) is 11.9 Å². The number of nitrogens with one attached hydrogen (secondary N) is 1. The normalized spacial score (nSPS) is 28.3. The molecule has 1 aromatic rings. The third-order valence-electron chi connectivity index (χ3n) is 7.05. The van der Waals surface area contributed by atoms with Crippen molar-refractivity contribution in [3.8, 4) is 0 Å². The summed E-state index contributed by atoms with van der Waals surface area (Å²) in [6.07, 6.45) is -1.96. The van der Waals surface area contributed by atoms with Crippen LogP contribution in [-0.2, 0) is 22.5 Å². The average molecular weight is 528 g/mol. The molecular weight excluding hydrogens is 486 g/mol. The number of carbonyl (C=O) groups excluding carboxylic acids is 1. The summed E-state index contributed by atoms with van der Waals surface area (Å²) in [5.74, 6) is -0.191. The van der Waals surface area contributed by atoms with Gasteiger partial charge in [-0.25, -0.2) is 4.79 Å². The minimum Gasteiger partial charge on any atom is -0.414 e. The van der Waals surface area contributed by atoms with Crippen molar-refractivity contribution < 1.29 is 27.6 Å². The Bertz CT molecular complexity index is 953. The van der Waals surface area contributed by atoms with E-state index in [1.807, 2.05) is 0 Å². The molecule has 1 amide bonds. The van der Waals surface area contributed by atoms with Gasteiger partial charge in [-0.3, -0.25) is 9.36 Å². The van der Waals surface area contributed by atoms with Gasteiger partial charge in [-0.05, 0) is 28.2 Å². The number of anilines is 1. The summed E-state index contributed by atoms with van der Waals surface area (Å²) in [7, 11) is -5.68. The Hall–Kier alpha value is -1.42. The molecule has 3 rings (SSSR count). The molecule has 0 aliphatic carbocycles. The van der Waals surface area contributed by atoms with Crippen LogP contribution in [0.2, 0.25) is 22.2 Å². The lowest BCUT2D eigenvalue weighted by molar-refractivity contribution is -0.114. The van der Waals surface area contributed by atoms with Gasteiger partial charge in [0.15, 0.2) is 6.23 Å². The number of hydrogen-bond acceptors (Lipinski definition) is 8. The van der Waals surface area contributed by atoms with Gasteiger partial charge in [-0.1, -0.05) is 55.4 Å². The van der Waals surface area contributed by atoms with Crippen molar-refractivity contribution in [2.45, 2.75) is 109 Å². The number of aliphatic hydroxyl groups is 1. The van der Waals surface area contributed by atoms with Crippen LogP contribution in [0, 0.1) is 0 Å². The Kier molecular flexibility index (Phi) is 8.46. The first-order valence-corrected chi connectivity index (χ1v) is 16.4. The van der Waals surface area contributed by atoms with Crippen LogP contribution in [0.5, 0.6) is 0 Å². The van der Waals surface area contributed by atoms with Gasteiger partial charge in [-0.2, -0.15) is 4.98 Å². The van der Waals surface area contributed by atoms with Crippen LogP contribution in [-0.4, -0.2) is 62.6 Å². The molecule has 0 saturated carbocycles. The van der Waals surface area contributed by atoms with Gasteiger partial charge in [0.25, 0.3) is 0 Å². The molecule has 2 aliphatic rings. The van der Waals surface area contributed by atoms with Crippen LogP contribution < -0.4 is 11.0 Å². The standard InChI is InChI=1S/C23H41N3O7Si2/c1-13(2)34(14(3)4)30-12-18-21(32-35(33-34,15(5)6)16(7)8)20(28)22(31-18)26-11-10-19(24-17(9)27)25-23(26)29/h10-11,13-16,18,20-22,28H,12H2,1-9H3,(H,24,25,27,29)/t18-,20?,21?,22-/m1/s1. The highest BCUT2D eigenvalue weighted by atomic mass is 28.5. The molecule has 0 bridgehead atoms. The van der Waals surface area contributed by atoms with Crippen LogP contribution in [0.15, 0.2) is 17.1 Å². The third kappa shape index (κ3) is 5.20. The fourth-order valence-electron chi connectivity index (χ4n) is 5.22. The number of nitrogens with zero attached hydrogens (tertiary/aromatic N) is 2. The SMILES string of the molecule is CC(=O)Nc1ccn([C@@H]2O[C@@H]3CO[Si](C(C)C)(C(C)C)O[Si](C(C)C)(C(C)C)OC3C2O)c(=O)n1. The second kappa shape index (κ2) is 10.5. The van der Waals surface area contributed by atoms with E-state index in [1.165, 1.54) is 23.8 Å². The van der Waals surface area contributed by atoms with Gasteiger partial charge < -0.3 is 28.1 Å². The van der Waals surface area contributed by atoms with Gasteiger partial charge in [0.2, 0.25) is 5.91 Å². The van der Waals surface area contributed by atoms with E-state index in [0.29, 0.717) is 0 Å². The number of ether oxygens (including phenoxy) is 1. The van der Waals surface area contributed by atoms with Gasteiger partial charge in [0, 0.05) is 13.1 Å². The molecule has 1 aromatic heterocycles. The molecule has 2 saturated heterocycles. The molecule has 2 fully saturated rings. The smallest absolute Gasteiger partial charge is 0.351 e. The molecule has 2 N–H and O–H groups in total. The largest absolute Gasteiger partial charge is 0.414 e. The molecule has 3 heterocycles. The predicted octanol–water partition coefficient (Wildman–Crippen LogP) is 3.42. The first-order valence-electron chi connectivity index (χ1n) is 12.5. The van der Waals surface area contributed by atoms with Crippen molar-refractivity contribution in [3.63, 3.8) is 0 Å². The Labute approximate surface area is 209 Å². The number of fused-ring (bicyclic) bond motifs is 1. The molecule has 4 atom stereocenters.